The summed E-state index contributed by atoms with van der Waals surface area (Å²) in [7, 11) is -2.47. The van der Waals surface area contributed by atoms with Crippen LogP contribution in [0.25, 0.3) is 68.5 Å². The number of aromatic nitrogens is 16. The number of nitrogens with one attached hydrogen (secondary N) is 5. The third-order valence-electron chi connectivity index (χ3n) is 24.4. The summed E-state index contributed by atoms with van der Waals surface area (Å²) < 4.78 is 37.7. The molecule has 0 radical (unpaired) electrons. The van der Waals surface area contributed by atoms with Crippen molar-refractivity contribution in [2.45, 2.75) is 102 Å². The fourth-order valence-corrected chi connectivity index (χ4v) is 18.1. The molecule has 5 N–H and O–H groups in total. The Morgan fingerprint density at radius 1 is 0.354 bits per heavy atom. The smallest absolute Gasteiger partial charge is 0.278 e. The van der Waals surface area contributed by atoms with Crippen LogP contribution in [-0.2, 0) is 79.1 Å². The summed E-state index contributed by atoms with van der Waals surface area (Å²) in [5.74, 6) is 3.09. The van der Waals surface area contributed by atoms with Crippen LogP contribution in [0.3, 0.4) is 0 Å². The Hall–Kier alpha value is -17.3. The molecule has 0 spiro atoms. The quantitative estimate of drug-likeness (QED) is 0.0473. The fraction of sp³-hybridized carbons (Fsp3) is 0.224. The standard InChI is InChI=1S/C22H17N5O2.C22H22N4O3.C22H22N4O2.C21H21N5O4S.C20H18N4O3/c28-21-15-7-5-13-27(20(15)25-19(26-21)17-9-3-4-12-23-17)22(29)18-11-10-14-6-1-2-8-16(14)24-18;1-15-7-9-16(10-8-15)13-29-14-19(27)26-12-4-5-17-21(26)24-20(25-22(17)28)18-6-2-3-11-23-18;1-15-7-9-16(10-8-15)11-12-19(27)26-14-4-5-17-21(26)24-20(25-22(17)28)18-6-2-3-13-23-18;1-25(31(29,30)15-8-3-2-4-9-15)14-18(27)26-13-7-10-16-20(26)23-19(24-21(16)28)17-11-5-6-12-22-17;25-17(13-27-14-7-2-1-3-8-14)24-12-6-9-15-19(24)22-18(23-20(15)26)16-10-4-5-11-21-16/h1-4,6,8-12H,5,7,13H2,(H,25,26,28);2-3,6-11H,4-5,12-14H2,1H3,(H,24,25,28);2-3,6-10,13H,4-5,11-12,14H2,1H3,(H,24,25,28);2-6,8-9,11-12H,7,10,13-14H2,1H3,(H,23,24,28);1-5,7-8,10-11H,6,9,12-13H2,(H,22,23,26). The van der Waals surface area contributed by atoms with Crippen LogP contribution in [0.4, 0.5) is 29.1 Å². The molecule has 5 aliphatic rings. The summed E-state index contributed by atoms with van der Waals surface area (Å²) in [6.45, 7) is 6.30. The number of benzene rings is 5. The molecule has 0 aliphatic carbocycles. The lowest BCUT2D eigenvalue weighted by Crippen LogP contribution is -2.45. The number of para-hydroxylation sites is 2. The highest BCUT2D eigenvalue weighted by Gasteiger charge is 2.36. The Labute approximate surface area is 825 Å². The lowest BCUT2D eigenvalue weighted by atomic mass is 10.0. The minimum absolute atomic E-state index is 0.00778. The van der Waals surface area contributed by atoms with E-state index in [1.165, 1.54) is 40.1 Å². The highest BCUT2D eigenvalue weighted by Crippen LogP contribution is 2.33. The van der Waals surface area contributed by atoms with E-state index >= 15 is 0 Å². The van der Waals surface area contributed by atoms with Crippen molar-refractivity contribution in [1.82, 2.24) is 84.0 Å². The first-order valence-corrected chi connectivity index (χ1v) is 48.5. The number of carbonyl (C=O) groups excluding carboxylic acids is 5. The van der Waals surface area contributed by atoms with Gasteiger partial charge >= 0.3 is 0 Å². The van der Waals surface area contributed by atoms with Gasteiger partial charge in [0.25, 0.3) is 45.5 Å². The number of aryl methyl sites for hydroxylation is 3. The molecule has 0 unspecified atom stereocenters. The van der Waals surface area contributed by atoms with Gasteiger partial charge in [0.05, 0.1) is 51.4 Å². The number of hydrogen-bond donors (Lipinski definition) is 5. The zero-order valence-electron chi connectivity index (χ0n) is 79.0. The van der Waals surface area contributed by atoms with Gasteiger partial charge in [0.2, 0.25) is 21.8 Å². The monoisotopic (exact) mass is 1950 g/mol. The van der Waals surface area contributed by atoms with Gasteiger partial charge in [-0.25, -0.2) is 38.3 Å². The minimum atomic E-state index is -3.82. The van der Waals surface area contributed by atoms with Crippen molar-refractivity contribution in [3.63, 3.8) is 0 Å². The van der Waals surface area contributed by atoms with Gasteiger partial charge < -0.3 is 34.4 Å². The first-order chi connectivity index (χ1) is 70.0. The molecule has 0 bridgehead atoms. The number of rotatable bonds is 20. The third kappa shape index (κ3) is 23.5. The average molecular weight is 1950 g/mol. The molecule has 0 fully saturated rings. The number of sulfonamides is 1. The van der Waals surface area contributed by atoms with Crippen LogP contribution in [0.5, 0.6) is 5.75 Å². The van der Waals surface area contributed by atoms with Gasteiger partial charge in [0, 0.05) is 82.6 Å². The van der Waals surface area contributed by atoms with Crippen molar-refractivity contribution >= 4 is 79.6 Å². The van der Waals surface area contributed by atoms with Gasteiger partial charge in [-0.3, -0.25) is 97.4 Å². The van der Waals surface area contributed by atoms with E-state index in [0.29, 0.717) is 224 Å². The summed E-state index contributed by atoms with van der Waals surface area (Å²) >= 11 is 0. The number of amides is 5. The van der Waals surface area contributed by atoms with Gasteiger partial charge in [-0.1, -0.05) is 151 Å². The Balaban J connectivity index is 0.000000124. The molecule has 5 aromatic carbocycles. The third-order valence-corrected chi connectivity index (χ3v) is 26.2. The molecule has 0 atom stereocenters. The Morgan fingerprint density at radius 3 is 1.09 bits per heavy atom. The predicted molar refractivity (Wildman–Crippen MR) is 543 cm³/mol. The van der Waals surface area contributed by atoms with E-state index in [0.717, 1.165) is 32.8 Å². The predicted octanol–water partition coefficient (Wildman–Crippen LogP) is 12.3. The van der Waals surface area contributed by atoms with Crippen LogP contribution in [0, 0.1) is 13.8 Å². The van der Waals surface area contributed by atoms with Crippen molar-refractivity contribution < 1.29 is 41.9 Å². The van der Waals surface area contributed by atoms with Gasteiger partial charge in [0.15, 0.2) is 35.7 Å². The number of aromatic amines is 5. The summed E-state index contributed by atoms with van der Waals surface area (Å²) in [5, 5.41) is 0.968. The first-order valence-electron chi connectivity index (χ1n) is 47.0. The maximum absolute atomic E-state index is 13.3. The molecule has 21 rings (SSSR count). The van der Waals surface area contributed by atoms with Crippen molar-refractivity contribution in [3.05, 3.63) is 375 Å². The van der Waals surface area contributed by atoms with Crippen LogP contribution in [0.1, 0.15) is 99.1 Å². The van der Waals surface area contributed by atoms with Crippen LogP contribution in [0.15, 0.2) is 296 Å². The molecule has 144 heavy (non-hydrogen) atoms. The second kappa shape index (κ2) is 45.7. The molecule has 0 saturated carbocycles. The van der Waals surface area contributed by atoms with Crippen molar-refractivity contribution in [1.29, 1.82) is 0 Å². The van der Waals surface area contributed by atoms with E-state index < -0.39 is 15.9 Å². The van der Waals surface area contributed by atoms with Crippen LogP contribution in [-0.4, -0.2) is 182 Å². The Bertz CT molecular complexity index is 7780. The fourth-order valence-electron chi connectivity index (χ4n) is 16.9. The van der Waals surface area contributed by atoms with E-state index in [2.05, 4.69) is 104 Å². The van der Waals surface area contributed by atoms with Gasteiger partial charge in [-0.2, -0.15) is 4.31 Å². The second-order valence-corrected chi connectivity index (χ2v) is 36.4. The molecule has 0 saturated heterocycles. The first kappa shape index (κ1) is 98.3. The van der Waals surface area contributed by atoms with E-state index in [1.807, 2.05) is 111 Å². The lowest BCUT2D eigenvalue weighted by molar-refractivity contribution is -0.123. The number of fused-ring (bicyclic) bond motifs is 6. The van der Waals surface area contributed by atoms with Crippen LogP contribution in [0.2, 0.25) is 0 Å². The Kier molecular flexibility index (Phi) is 31.2. The number of ether oxygens (including phenoxy) is 2. The zero-order valence-corrected chi connectivity index (χ0v) is 79.8. The number of carbonyl (C=O) groups is 5. The van der Waals surface area contributed by atoms with E-state index in [1.54, 1.807) is 149 Å². The van der Waals surface area contributed by atoms with Crippen molar-refractivity contribution in [2.75, 3.05) is 84.0 Å². The maximum atomic E-state index is 13.3. The summed E-state index contributed by atoms with van der Waals surface area (Å²) in [6, 6.07) is 71.3. The molecular weight excluding hydrogens is 1850 g/mol. The van der Waals surface area contributed by atoms with E-state index in [4.69, 9.17) is 9.47 Å². The number of pyridine rings is 6. The summed E-state index contributed by atoms with van der Waals surface area (Å²) in [4.78, 5) is 198. The molecule has 37 heteroatoms. The maximum Gasteiger partial charge on any atom is 0.278 e. The lowest BCUT2D eigenvalue weighted by Gasteiger charge is -2.29. The number of anilines is 5. The molecule has 11 aromatic heterocycles. The molecule has 16 aromatic rings. The number of likely N-dealkylation sites (N-methyl/N-ethyl adjacent to an activating group) is 1. The van der Waals surface area contributed by atoms with Gasteiger partial charge in [-0.05, 0) is 193 Å². The second-order valence-electron chi connectivity index (χ2n) is 34.3. The highest BCUT2D eigenvalue weighted by atomic mass is 32.2. The van der Waals surface area contributed by atoms with Gasteiger partial charge in [-0.15, -0.1) is 0 Å². The normalized spacial score (nSPS) is 13.3. The molecule has 36 nitrogen and oxygen atoms in total. The average Bonchev–Trinajstić information content (AvgIpc) is 1.30. The number of H-pyrrole nitrogens is 5. The minimum Gasteiger partial charge on any atom is -0.484 e. The van der Waals surface area contributed by atoms with Crippen molar-refractivity contribution in [3.8, 4) is 63.3 Å². The molecular formula is C107H100N22O14S. The molecule has 5 amide bonds. The molecule has 5 aliphatic heterocycles. The number of nitrogens with zero attached hydrogens (tertiary/aromatic N) is 17. The largest absolute Gasteiger partial charge is 0.484 e. The summed E-state index contributed by atoms with van der Waals surface area (Å²) in [5.41, 5.74) is 9.66. The van der Waals surface area contributed by atoms with Crippen LogP contribution < -0.4 is 57.0 Å². The highest BCUT2D eigenvalue weighted by molar-refractivity contribution is 7.89. The van der Waals surface area contributed by atoms with Gasteiger partial charge in [0.1, 0.15) is 75.6 Å². The molecule has 728 valence electrons. The van der Waals surface area contributed by atoms with E-state index in [9.17, 15) is 56.4 Å². The summed E-state index contributed by atoms with van der Waals surface area (Å²) in [6.07, 6.45) is 15.5. The zero-order chi connectivity index (χ0) is 100. The molecule has 16 heterocycles. The Morgan fingerprint density at radius 2 is 0.694 bits per heavy atom. The SMILES string of the molecule is CN(CC(=O)N1CCCc2c1nc(-c1ccccn1)[nH]c2=O)S(=O)(=O)c1ccccc1.Cc1ccc(CCC(=O)N2CCCc3c2nc(-c2ccccn2)[nH]c3=O)cc1.Cc1ccc(COCC(=O)N2CCCc3c2nc(-c2ccccn2)[nH]c3=O)cc1.O=C(COc1ccccc1)N1CCCc2c1nc(-c1ccccn1)[nH]c2=O.O=C(c1ccc2ccccc2n1)N1CCCc2c1nc(-c1ccccn1)[nH]c2=O. The topological polar surface area (TPSA) is 463 Å². The van der Waals surface area contributed by atoms with E-state index in [-0.39, 0.29) is 87.7 Å². The van der Waals surface area contributed by atoms with Crippen molar-refractivity contribution in [2.24, 2.45) is 0 Å². The number of hydrogen-bond acceptors (Lipinski definition) is 25. The van der Waals surface area contributed by atoms with Crippen LogP contribution >= 0.6 is 0 Å².